The van der Waals surface area contributed by atoms with Crippen molar-refractivity contribution in [2.75, 3.05) is 18.1 Å². The molecule has 0 bridgehead atoms. The van der Waals surface area contributed by atoms with E-state index in [1.54, 1.807) is 30.3 Å². The highest BCUT2D eigenvalue weighted by molar-refractivity contribution is 6.35. The van der Waals surface area contributed by atoms with Crippen LogP contribution in [0.5, 0.6) is 5.75 Å². The lowest BCUT2D eigenvalue weighted by molar-refractivity contribution is 0.0923. The summed E-state index contributed by atoms with van der Waals surface area (Å²) in [6.45, 7) is 2.72. The number of carbonyl (C=O) groups excluding carboxylic acids is 3. The fraction of sp³-hybridized carbons (Fsp3) is 0.192. The Bertz CT molecular complexity index is 1210. The maximum absolute atomic E-state index is 12.9. The second-order valence-corrected chi connectivity index (χ2v) is 7.76. The summed E-state index contributed by atoms with van der Waals surface area (Å²) in [7, 11) is 0. The largest absolute Gasteiger partial charge is 0.494 e. The maximum Gasteiger partial charge on any atom is 0.266 e. The zero-order chi connectivity index (χ0) is 23.4. The van der Waals surface area contributed by atoms with Crippen LogP contribution in [0, 0.1) is 12.7 Å². The standard InChI is InChI=1S/C26H23FN2O4/c1-17-6-2-3-7-23(17)29-25(31)21-13-8-18(16-22(21)26(29)32)24(30)28-14-4-5-15-33-20-11-9-19(27)10-12-20/h2-3,6-13,16H,4-5,14-15H2,1H3,(H,28,30). The van der Waals surface area contributed by atoms with Gasteiger partial charge < -0.3 is 10.1 Å². The molecule has 33 heavy (non-hydrogen) atoms. The molecule has 3 aromatic rings. The summed E-state index contributed by atoms with van der Waals surface area (Å²) >= 11 is 0. The van der Waals surface area contributed by atoms with Gasteiger partial charge in [-0.15, -0.1) is 0 Å². The molecule has 7 heteroatoms. The van der Waals surface area contributed by atoms with Gasteiger partial charge in [0.25, 0.3) is 17.7 Å². The van der Waals surface area contributed by atoms with Gasteiger partial charge >= 0.3 is 0 Å². The number of anilines is 1. The zero-order valence-electron chi connectivity index (χ0n) is 18.1. The molecular weight excluding hydrogens is 423 g/mol. The highest BCUT2D eigenvalue weighted by atomic mass is 19.1. The lowest BCUT2D eigenvalue weighted by atomic mass is 10.1. The maximum atomic E-state index is 12.9. The van der Waals surface area contributed by atoms with E-state index in [2.05, 4.69) is 5.32 Å². The van der Waals surface area contributed by atoms with Gasteiger partial charge in [0.05, 0.1) is 23.4 Å². The molecule has 1 aliphatic rings. The molecule has 1 N–H and O–H groups in total. The molecule has 0 atom stereocenters. The first-order valence-corrected chi connectivity index (χ1v) is 10.7. The Morgan fingerprint density at radius 3 is 2.42 bits per heavy atom. The smallest absolute Gasteiger partial charge is 0.266 e. The van der Waals surface area contributed by atoms with Gasteiger partial charge in [-0.3, -0.25) is 14.4 Å². The van der Waals surface area contributed by atoms with E-state index in [1.807, 2.05) is 19.1 Å². The Morgan fingerprint density at radius 1 is 0.939 bits per heavy atom. The van der Waals surface area contributed by atoms with E-state index < -0.39 is 11.8 Å². The number of para-hydroxylation sites is 1. The molecule has 0 radical (unpaired) electrons. The van der Waals surface area contributed by atoms with E-state index in [0.717, 1.165) is 10.5 Å². The number of carbonyl (C=O) groups is 3. The third kappa shape index (κ3) is 4.77. The minimum atomic E-state index is -0.433. The Hall–Kier alpha value is -4.00. The van der Waals surface area contributed by atoms with E-state index in [-0.39, 0.29) is 22.9 Å². The predicted octanol–water partition coefficient (Wildman–Crippen LogP) is 4.52. The lowest BCUT2D eigenvalue weighted by Gasteiger charge is -2.16. The van der Waals surface area contributed by atoms with E-state index in [9.17, 15) is 18.8 Å². The number of aryl methyl sites for hydroxylation is 1. The summed E-state index contributed by atoms with van der Waals surface area (Å²) in [4.78, 5) is 39.4. The second kappa shape index (κ2) is 9.65. The molecule has 168 valence electrons. The number of imide groups is 1. The van der Waals surface area contributed by atoms with Crippen LogP contribution in [0.3, 0.4) is 0 Å². The van der Waals surface area contributed by atoms with Crippen LogP contribution in [0.4, 0.5) is 10.1 Å². The number of halogens is 1. The predicted molar refractivity (Wildman–Crippen MR) is 122 cm³/mol. The molecule has 0 aromatic heterocycles. The van der Waals surface area contributed by atoms with Crippen molar-refractivity contribution in [3.8, 4) is 5.75 Å². The Morgan fingerprint density at radius 2 is 1.67 bits per heavy atom. The van der Waals surface area contributed by atoms with Crippen molar-refractivity contribution in [1.82, 2.24) is 5.32 Å². The average molecular weight is 446 g/mol. The first-order valence-electron chi connectivity index (χ1n) is 10.7. The van der Waals surface area contributed by atoms with Gasteiger partial charge in [0.15, 0.2) is 0 Å². The van der Waals surface area contributed by atoms with Crippen molar-refractivity contribution in [3.05, 3.63) is 94.8 Å². The molecule has 6 nitrogen and oxygen atoms in total. The molecule has 0 spiro atoms. The molecule has 0 aliphatic carbocycles. The Balaban J connectivity index is 1.31. The van der Waals surface area contributed by atoms with Crippen molar-refractivity contribution < 1.29 is 23.5 Å². The number of benzene rings is 3. The van der Waals surface area contributed by atoms with Gasteiger partial charge in [0.1, 0.15) is 11.6 Å². The normalized spacial score (nSPS) is 12.6. The van der Waals surface area contributed by atoms with E-state index in [4.69, 9.17) is 4.74 Å². The van der Waals surface area contributed by atoms with Crippen LogP contribution in [0.25, 0.3) is 0 Å². The molecular formula is C26H23FN2O4. The minimum Gasteiger partial charge on any atom is -0.494 e. The summed E-state index contributed by atoms with van der Waals surface area (Å²) < 4.78 is 18.4. The van der Waals surface area contributed by atoms with Crippen LogP contribution in [0.1, 0.15) is 49.5 Å². The van der Waals surface area contributed by atoms with Gasteiger partial charge in [-0.25, -0.2) is 9.29 Å². The molecule has 1 aliphatic heterocycles. The molecule has 3 aromatic carbocycles. The number of rotatable bonds is 8. The van der Waals surface area contributed by atoms with Crippen molar-refractivity contribution >= 4 is 23.4 Å². The number of hydrogen-bond donors (Lipinski definition) is 1. The minimum absolute atomic E-state index is 0.226. The molecule has 4 rings (SSSR count). The third-order valence-electron chi connectivity index (χ3n) is 5.44. The van der Waals surface area contributed by atoms with Crippen LogP contribution in [-0.2, 0) is 0 Å². The first-order chi connectivity index (χ1) is 16.0. The molecule has 3 amide bonds. The average Bonchev–Trinajstić information content (AvgIpc) is 3.07. The van der Waals surface area contributed by atoms with Gasteiger partial charge in [0.2, 0.25) is 0 Å². The second-order valence-electron chi connectivity index (χ2n) is 7.76. The Kier molecular flexibility index (Phi) is 6.49. The van der Waals surface area contributed by atoms with Gasteiger partial charge in [0, 0.05) is 12.1 Å². The van der Waals surface area contributed by atoms with Crippen LogP contribution in [0.2, 0.25) is 0 Å². The summed E-state index contributed by atoms with van der Waals surface area (Å²) in [6.07, 6.45) is 1.40. The monoisotopic (exact) mass is 446 g/mol. The fourth-order valence-electron chi connectivity index (χ4n) is 3.67. The van der Waals surface area contributed by atoms with Crippen molar-refractivity contribution in [3.63, 3.8) is 0 Å². The highest BCUT2D eigenvalue weighted by Crippen LogP contribution is 2.31. The van der Waals surface area contributed by atoms with Crippen LogP contribution < -0.4 is 15.0 Å². The summed E-state index contributed by atoms with van der Waals surface area (Å²) in [5.74, 6) is -0.857. The van der Waals surface area contributed by atoms with Crippen molar-refractivity contribution in [2.45, 2.75) is 19.8 Å². The molecule has 0 fully saturated rings. The molecule has 0 unspecified atom stereocenters. The molecule has 1 heterocycles. The van der Waals surface area contributed by atoms with Gasteiger partial charge in [-0.2, -0.15) is 0 Å². The fourth-order valence-corrected chi connectivity index (χ4v) is 3.67. The number of amides is 3. The van der Waals surface area contributed by atoms with Crippen molar-refractivity contribution in [2.24, 2.45) is 0 Å². The number of unbranched alkanes of at least 4 members (excludes halogenated alkanes) is 1. The summed E-state index contributed by atoms with van der Waals surface area (Å²) in [5, 5.41) is 2.82. The quantitative estimate of drug-likeness (QED) is 0.408. The third-order valence-corrected chi connectivity index (χ3v) is 5.44. The topological polar surface area (TPSA) is 75.7 Å². The number of nitrogens with one attached hydrogen (secondary N) is 1. The number of fused-ring (bicyclic) bond motifs is 1. The van der Waals surface area contributed by atoms with Crippen LogP contribution in [-0.4, -0.2) is 30.9 Å². The van der Waals surface area contributed by atoms with Crippen LogP contribution >= 0.6 is 0 Å². The number of ether oxygens (including phenoxy) is 1. The van der Waals surface area contributed by atoms with E-state index >= 15 is 0 Å². The SMILES string of the molecule is Cc1ccccc1N1C(=O)c2ccc(C(=O)NCCCCOc3ccc(F)cc3)cc2C1=O. The van der Waals surface area contributed by atoms with Gasteiger partial charge in [-0.05, 0) is 73.9 Å². The van der Waals surface area contributed by atoms with Crippen LogP contribution in [0.15, 0.2) is 66.7 Å². The van der Waals surface area contributed by atoms with E-state index in [0.29, 0.717) is 43.0 Å². The lowest BCUT2D eigenvalue weighted by Crippen LogP contribution is -2.30. The number of nitrogens with zero attached hydrogens (tertiary/aromatic N) is 1. The summed E-state index contributed by atoms with van der Waals surface area (Å²) in [5.41, 5.74) is 2.19. The van der Waals surface area contributed by atoms with E-state index in [1.165, 1.54) is 24.3 Å². The molecule has 0 saturated heterocycles. The van der Waals surface area contributed by atoms with Crippen molar-refractivity contribution in [1.29, 1.82) is 0 Å². The van der Waals surface area contributed by atoms with Gasteiger partial charge in [-0.1, -0.05) is 18.2 Å². The first kappa shape index (κ1) is 22.2. The Labute approximate surface area is 191 Å². The summed E-state index contributed by atoms with van der Waals surface area (Å²) in [6, 6.07) is 17.5. The number of hydrogen-bond acceptors (Lipinski definition) is 4. The highest BCUT2D eigenvalue weighted by Gasteiger charge is 2.37. The zero-order valence-corrected chi connectivity index (χ0v) is 18.1. The molecule has 0 saturated carbocycles.